The molecule has 3 heterocycles. The lowest BCUT2D eigenvalue weighted by Crippen LogP contribution is -2.51. The fraction of sp³-hybridized carbons (Fsp3) is 0.207. The molecule has 1 fully saturated rings. The zero-order valence-electron chi connectivity index (χ0n) is 19.3. The highest BCUT2D eigenvalue weighted by molar-refractivity contribution is 6.34. The Bertz CT molecular complexity index is 1460. The summed E-state index contributed by atoms with van der Waals surface area (Å²) in [5, 5.41) is 3.31. The van der Waals surface area contributed by atoms with E-state index in [0.29, 0.717) is 16.3 Å². The minimum atomic E-state index is -1.29. The fourth-order valence-corrected chi connectivity index (χ4v) is 6.51. The van der Waals surface area contributed by atoms with E-state index in [1.807, 2.05) is 60.4 Å². The maximum atomic E-state index is 14.3. The second kappa shape index (κ2) is 7.65. The summed E-state index contributed by atoms with van der Waals surface area (Å²) in [5.74, 6) is -1.72. The van der Waals surface area contributed by atoms with Gasteiger partial charge in [-0.1, -0.05) is 65.7 Å². The van der Waals surface area contributed by atoms with Crippen LogP contribution in [0.2, 0.25) is 5.02 Å². The van der Waals surface area contributed by atoms with Crippen LogP contribution >= 0.6 is 11.6 Å². The first-order valence-electron chi connectivity index (χ1n) is 11.6. The number of aryl methyl sites for hydroxylation is 1. The van der Waals surface area contributed by atoms with Crippen LogP contribution in [0.15, 0.2) is 72.8 Å². The molecule has 3 aromatic carbocycles. The van der Waals surface area contributed by atoms with E-state index in [1.165, 1.54) is 6.92 Å². The van der Waals surface area contributed by atoms with Crippen molar-refractivity contribution >= 4 is 46.5 Å². The van der Waals surface area contributed by atoms with Crippen molar-refractivity contribution in [2.24, 2.45) is 5.92 Å². The van der Waals surface area contributed by atoms with Gasteiger partial charge in [0.1, 0.15) is 5.41 Å². The summed E-state index contributed by atoms with van der Waals surface area (Å²) in [6, 6.07) is 18.9. The minimum absolute atomic E-state index is 0.170. The van der Waals surface area contributed by atoms with Crippen molar-refractivity contribution in [3.05, 3.63) is 100 Å². The van der Waals surface area contributed by atoms with Gasteiger partial charge in [-0.05, 0) is 55.3 Å². The number of fused-ring (bicyclic) bond motifs is 6. The SMILES string of the molecule is CC(=O)[C@@H]1[C@H](C(=O)c2ccccc2Cl)[C@@]2(C(=O)Nc3ccccc32)[C@H]2C=Cc3cc(C)ccc3N12. The molecular formula is C29H23ClN2O3. The van der Waals surface area contributed by atoms with Gasteiger partial charge >= 0.3 is 0 Å². The standard InChI is InChI=1S/C29H23ClN2O3/c1-16-11-13-23-18(15-16)12-14-24-29(20-8-4-6-10-22(20)31-28(29)35)25(26(17(2)33)32(23)24)27(34)19-7-3-5-9-21(19)30/h3-15,24-26H,1-2H3,(H,31,35)/t24-,25-,26-,29+/m1/s1. The Morgan fingerprint density at radius 2 is 1.77 bits per heavy atom. The molecule has 35 heavy (non-hydrogen) atoms. The highest BCUT2D eigenvalue weighted by Gasteiger charge is 2.69. The van der Waals surface area contributed by atoms with Crippen molar-refractivity contribution in [3.63, 3.8) is 0 Å². The van der Waals surface area contributed by atoms with Crippen molar-refractivity contribution in [2.75, 3.05) is 10.2 Å². The molecule has 3 aliphatic rings. The van der Waals surface area contributed by atoms with Crippen molar-refractivity contribution < 1.29 is 14.4 Å². The van der Waals surface area contributed by atoms with Gasteiger partial charge in [0.05, 0.1) is 23.0 Å². The van der Waals surface area contributed by atoms with Gasteiger partial charge in [0.25, 0.3) is 0 Å². The molecule has 1 N–H and O–H groups in total. The minimum Gasteiger partial charge on any atom is -0.352 e. The number of carbonyl (C=O) groups excluding carboxylic acids is 3. The van der Waals surface area contributed by atoms with E-state index in [-0.39, 0.29) is 17.5 Å². The monoisotopic (exact) mass is 482 g/mol. The molecule has 3 aliphatic heterocycles. The normalized spacial score (nSPS) is 25.7. The topological polar surface area (TPSA) is 66.5 Å². The van der Waals surface area contributed by atoms with Crippen LogP contribution in [0.1, 0.15) is 34.0 Å². The number of carbonyl (C=O) groups is 3. The highest BCUT2D eigenvalue weighted by Crippen LogP contribution is 2.57. The van der Waals surface area contributed by atoms with Crippen LogP contribution in [0.4, 0.5) is 11.4 Å². The fourth-order valence-electron chi connectivity index (χ4n) is 6.28. The van der Waals surface area contributed by atoms with E-state index in [1.54, 1.807) is 24.3 Å². The Morgan fingerprint density at radius 3 is 2.54 bits per heavy atom. The average molecular weight is 483 g/mol. The van der Waals surface area contributed by atoms with E-state index < -0.39 is 23.4 Å². The number of nitrogens with zero attached hydrogens (tertiary/aromatic N) is 1. The largest absolute Gasteiger partial charge is 0.352 e. The summed E-state index contributed by atoms with van der Waals surface area (Å²) in [5.41, 5.74) is 3.32. The second-order valence-corrected chi connectivity index (χ2v) is 9.93. The van der Waals surface area contributed by atoms with E-state index in [9.17, 15) is 14.4 Å². The number of para-hydroxylation sites is 1. The van der Waals surface area contributed by atoms with Gasteiger partial charge in [-0.25, -0.2) is 0 Å². The zero-order valence-corrected chi connectivity index (χ0v) is 20.0. The molecule has 6 rings (SSSR count). The predicted octanol–water partition coefficient (Wildman–Crippen LogP) is 5.21. The Hall–Kier alpha value is -3.70. The summed E-state index contributed by atoms with van der Waals surface area (Å²) in [7, 11) is 0. The summed E-state index contributed by atoms with van der Waals surface area (Å²) in [4.78, 5) is 43.7. The summed E-state index contributed by atoms with van der Waals surface area (Å²) >= 11 is 6.47. The molecule has 1 saturated heterocycles. The maximum absolute atomic E-state index is 14.3. The quantitative estimate of drug-likeness (QED) is 0.520. The van der Waals surface area contributed by atoms with Crippen LogP contribution in [-0.2, 0) is 15.0 Å². The van der Waals surface area contributed by atoms with E-state index in [0.717, 1.165) is 22.4 Å². The molecule has 0 bridgehead atoms. The van der Waals surface area contributed by atoms with Gasteiger partial charge in [-0.3, -0.25) is 14.4 Å². The number of ketones is 2. The molecule has 0 aromatic heterocycles. The average Bonchev–Trinajstić information content (AvgIpc) is 3.32. The molecule has 5 nitrogen and oxygen atoms in total. The van der Waals surface area contributed by atoms with Crippen LogP contribution in [0.5, 0.6) is 0 Å². The van der Waals surface area contributed by atoms with Gasteiger partial charge in [0.15, 0.2) is 11.6 Å². The lowest BCUT2D eigenvalue weighted by atomic mass is 9.64. The molecule has 3 aromatic rings. The van der Waals surface area contributed by atoms with E-state index in [2.05, 4.69) is 11.4 Å². The number of rotatable bonds is 3. The predicted molar refractivity (Wildman–Crippen MR) is 137 cm³/mol. The maximum Gasteiger partial charge on any atom is 0.238 e. The third-order valence-corrected chi connectivity index (χ3v) is 7.96. The number of amides is 1. The molecule has 0 unspecified atom stereocenters. The Kier molecular flexibility index (Phi) is 4.77. The van der Waals surface area contributed by atoms with Gasteiger partial charge in [0.2, 0.25) is 5.91 Å². The van der Waals surface area contributed by atoms with Gasteiger partial charge in [-0.2, -0.15) is 0 Å². The van der Waals surface area contributed by atoms with Crippen molar-refractivity contribution in [1.29, 1.82) is 0 Å². The third kappa shape index (κ3) is 2.85. The number of hydrogen-bond donors (Lipinski definition) is 1. The van der Waals surface area contributed by atoms with Crippen LogP contribution < -0.4 is 10.2 Å². The number of Topliss-reactive ketones (excluding diaryl/α,β-unsaturated/α-hetero) is 2. The lowest BCUT2D eigenvalue weighted by Gasteiger charge is -2.37. The first kappa shape index (κ1) is 21.8. The van der Waals surface area contributed by atoms with Gasteiger partial charge < -0.3 is 10.2 Å². The Morgan fingerprint density at radius 1 is 1.03 bits per heavy atom. The van der Waals surface area contributed by atoms with Gasteiger partial charge in [0, 0.05) is 16.9 Å². The number of anilines is 2. The molecule has 4 atom stereocenters. The molecule has 0 saturated carbocycles. The number of hydrogen-bond acceptors (Lipinski definition) is 4. The molecule has 0 radical (unpaired) electrons. The molecule has 6 heteroatoms. The Balaban J connectivity index is 1.67. The van der Waals surface area contributed by atoms with Crippen molar-refractivity contribution in [3.8, 4) is 0 Å². The smallest absolute Gasteiger partial charge is 0.238 e. The molecular weight excluding hydrogens is 460 g/mol. The van der Waals surface area contributed by atoms with Crippen molar-refractivity contribution in [2.45, 2.75) is 31.3 Å². The molecule has 174 valence electrons. The van der Waals surface area contributed by atoms with Gasteiger partial charge in [-0.15, -0.1) is 0 Å². The highest BCUT2D eigenvalue weighted by atomic mass is 35.5. The molecule has 0 aliphatic carbocycles. The second-order valence-electron chi connectivity index (χ2n) is 9.52. The van der Waals surface area contributed by atoms with Crippen molar-refractivity contribution in [1.82, 2.24) is 0 Å². The zero-order chi connectivity index (χ0) is 24.5. The lowest BCUT2D eigenvalue weighted by molar-refractivity contribution is -0.122. The van der Waals surface area contributed by atoms with E-state index in [4.69, 9.17) is 11.6 Å². The summed E-state index contributed by atoms with van der Waals surface area (Å²) in [6.07, 6.45) is 3.97. The third-order valence-electron chi connectivity index (χ3n) is 7.63. The van der Waals surface area contributed by atoms with E-state index >= 15 is 0 Å². The van der Waals surface area contributed by atoms with Crippen LogP contribution in [0.25, 0.3) is 6.08 Å². The van der Waals surface area contributed by atoms with Crippen LogP contribution in [0.3, 0.4) is 0 Å². The first-order chi connectivity index (χ1) is 16.9. The number of nitrogens with one attached hydrogen (secondary N) is 1. The molecule has 1 spiro atoms. The van der Waals surface area contributed by atoms with Crippen LogP contribution in [0, 0.1) is 12.8 Å². The number of benzene rings is 3. The first-order valence-corrected chi connectivity index (χ1v) is 12.0. The summed E-state index contributed by atoms with van der Waals surface area (Å²) < 4.78 is 0. The number of halogens is 1. The molecule has 1 amide bonds. The van der Waals surface area contributed by atoms with Crippen LogP contribution in [-0.4, -0.2) is 29.6 Å². The summed E-state index contributed by atoms with van der Waals surface area (Å²) in [6.45, 7) is 3.51. The Labute approximate surface area is 208 Å².